The summed E-state index contributed by atoms with van der Waals surface area (Å²) in [4.78, 5) is 10.7. The molecule has 0 aliphatic rings. The number of hydrogen-bond acceptors (Lipinski definition) is 2. The molecule has 0 spiro atoms. The molecule has 0 aliphatic heterocycles. The fourth-order valence-electron chi connectivity index (χ4n) is 1.45. The lowest BCUT2D eigenvalue weighted by atomic mass is 9.88. The summed E-state index contributed by atoms with van der Waals surface area (Å²) in [5.74, 6) is 0.332. The van der Waals surface area contributed by atoms with Crippen LogP contribution in [0, 0.1) is 5.41 Å². The van der Waals surface area contributed by atoms with Gasteiger partial charge in [0.05, 0.1) is 0 Å². The van der Waals surface area contributed by atoms with Gasteiger partial charge in [0.15, 0.2) is 0 Å². The van der Waals surface area contributed by atoms with Gasteiger partial charge in [0.25, 0.3) is 0 Å². The highest BCUT2D eigenvalue weighted by molar-refractivity contribution is 5.69. The zero-order chi connectivity index (χ0) is 11.5. The van der Waals surface area contributed by atoms with Crippen molar-refractivity contribution in [1.29, 1.82) is 0 Å². The van der Waals surface area contributed by atoms with Crippen LogP contribution in [0.4, 0.5) is 0 Å². The summed E-state index contributed by atoms with van der Waals surface area (Å²) in [6.45, 7) is 8.01. The molecule has 0 fully saturated rings. The summed E-state index contributed by atoms with van der Waals surface area (Å²) in [6, 6.07) is 7.68. The van der Waals surface area contributed by atoms with Crippen LogP contribution in [0.25, 0.3) is 0 Å². The largest absolute Gasteiger partial charge is 0.427 e. The molecule has 82 valence electrons. The van der Waals surface area contributed by atoms with Gasteiger partial charge in [-0.3, -0.25) is 4.79 Å². The zero-order valence-corrected chi connectivity index (χ0v) is 9.83. The molecule has 0 radical (unpaired) electrons. The third-order valence-corrected chi connectivity index (χ3v) is 1.92. The van der Waals surface area contributed by atoms with E-state index >= 15 is 0 Å². The van der Waals surface area contributed by atoms with Crippen LogP contribution in [0.3, 0.4) is 0 Å². The smallest absolute Gasteiger partial charge is 0.308 e. The topological polar surface area (TPSA) is 26.3 Å². The minimum Gasteiger partial charge on any atom is -0.427 e. The highest BCUT2D eigenvalue weighted by Gasteiger charge is 2.11. The maximum Gasteiger partial charge on any atom is 0.308 e. The molecule has 0 saturated carbocycles. The first-order valence-corrected chi connectivity index (χ1v) is 5.14. The molecule has 0 N–H and O–H groups in total. The molecule has 0 bridgehead atoms. The molecular formula is C13H18O2. The molecule has 0 heterocycles. The van der Waals surface area contributed by atoms with E-state index < -0.39 is 0 Å². The van der Waals surface area contributed by atoms with E-state index in [4.69, 9.17) is 4.74 Å². The molecule has 2 nitrogen and oxygen atoms in total. The van der Waals surface area contributed by atoms with E-state index in [0.29, 0.717) is 5.75 Å². The van der Waals surface area contributed by atoms with Gasteiger partial charge in [-0.05, 0) is 29.5 Å². The van der Waals surface area contributed by atoms with E-state index in [9.17, 15) is 4.79 Å². The standard InChI is InChI=1S/C13H18O2/c1-10(14)15-12-7-5-11(6-8-12)9-13(2,3)4/h5-8H,9H2,1-4H3. The minimum absolute atomic E-state index is 0.279. The maximum absolute atomic E-state index is 10.7. The molecular weight excluding hydrogens is 188 g/mol. The second-order valence-electron chi connectivity index (χ2n) is 4.98. The van der Waals surface area contributed by atoms with Gasteiger partial charge in [-0.25, -0.2) is 0 Å². The Morgan fingerprint density at radius 3 is 2.13 bits per heavy atom. The quantitative estimate of drug-likeness (QED) is 0.548. The Kier molecular flexibility index (Phi) is 3.51. The first kappa shape index (κ1) is 11.8. The second-order valence-corrected chi connectivity index (χ2v) is 4.98. The molecule has 0 aliphatic carbocycles. The molecule has 0 amide bonds. The van der Waals surface area contributed by atoms with Crippen LogP contribution in [0.15, 0.2) is 24.3 Å². The maximum atomic E-state index is 10.7. The lowest BCUT2D eigenvalue weighted by Crippen LogP contribution is -2.09. The number of rotatable bonds is 2. The van der Waals surface area contributed by atoms with Crippen molar-refractivity contribution in [3.63, 3.8) is 0 Å². The number of carbonyl (C=O) groups is 1. The van der Waals surface area contributed by atoms with Gasteiger partial charge in [0.2, 0.25) is 0 Å². The number of benzene rings is 1. The van der Waals surface area contributed by atoms with E-state index in [0.717, 1.165) is 6.42 Å². The molecule has 0 unspecified atom stereocenters. The predicted molar refractivity (Wildman–Crippen MR) is 60.9 cm³/mol. The number of ether oxygens (including phenoxy) is 1. The summed E-state index contributed by atoms with van der Waals surface area (Å²) in [5, 5.41) is 0. The van der Waals surface area contributed by atoms with Crippen molar-refractivity contribution in [3.8, 4) is 5.75 Å². The Labute approximate surface area is 91.3 Å². The van der Waals surface area contributed by atoms with Gasteiger partial charge in [-0.1, -0.05) is 32.9 Å². The first-order chi connectivity index (χ1) is 6.87. The molecule has 1 rings (SSSR count). The molecule has 0 aromatic heterocycles. The van der Waals surface area contributed by atoms with E-state index in [2.05, 4.69) is 20.8 Å². The van der Waals surface area contributed by atoms with Crippen molar-refractivity contribution in [2.24, 2.45) is 5.41 Å². The Balaban J connectivity index is 2.68. The normalized spacial score (nSPS) is 11.2. The van der Waals surface area contributed by atoms with Gasteiger partial charge in [-0.15, -0.1) is 0 Å². The van der Waals surface area contributed by atoms with E-state index in [1.807, 2.05) is 24.3 Å². The SMILES string of the molecule is CC(=O)Oc1ccc(CC(C)(C)C)cc1. The summed E-state index contributed by atoms with van der Waals surface area (Å²) in [6.07, 6.45) is 1.02. The molecule has 0 atom stereocenters. The van der Waals surface area contributed by atoms with Crippen LogP contribution in [-0.2, 0) is 11.2 Å². The average Bonchev–Trinajstić information content (AvgIpc) is 2.05. The van der Waals surface area contributed by atoms with Crippen LogP contribution < -0.4 is 4.74 Å². The lowest BCUT2D eigenvalue weighted by Gasteiger charge is -2.18. The van der Waals surface area contributed by atoms with Gasteiger partial charge in [0.1, 0.15) is 5.75 Å². The summed E-state index contributed by atoms with van der Waals surface area (Å²) in [7, 11) is 0. The van der Waals surface area contributed by atoms with Crippen molar-refractivity contribution < 1.29 is 9.53 Å². The summed E-state index contributed by atoms with van der Waals surface area (Å²) in [5.41, 5.74) is 1.54. The lowest BCUT2D eigenvalue weighted by molar-refractivity contribution is -0.131. The summed E-state index contributed by atoms with van der Waals surface area (Å²) >= 11 is 0. The second kappa shape index (κ2) is 4.47. The van der Waals surface area contributed by atoms with E-state index in [1.54, 1.807) is 0 Å². The zero-order valence-electron chi connectivity index (χ0n) is 9.83. The van der Waals surface area contributed by atoms with E-state index in [1.165, 1.54) is 12.5 Å². The molecule has 1 aromatic rings. The highest BCUT2D eigenvalue weighted by Crippen LogP contribution is 2.22. The minimum atomic E-state index is -0.279. The third-order valence-electron chi connectivity index (χ3n) is 1.92. The molecule has 0 saturated heterocycles. The fraction of sp³-hybridized carbons (Fsp3) is 0.462. The monoisotopic (exact) mass is 206 g/mol. The number of esters is 1. The molecule has 15 heavy (non-hydrogen) atoms. The van der Waals surface area contributed by atoms with Gasteiger partial charge in [-0.2, -0.15) is 0 Å². The Bertz CT molecular complexity index is 331. The van der Waals surface area contributed by atoms with Crippen LogP contribution in [0.1, 0.15) is 33.3 Å². The van der Waals surface area contributed by atoms with Crippen LogP contribution in [0.5, 0.6) is 5.75 Å². The average molecular weight is 206 g/mol. The first-order valence-electron chi connectivity index (χ1n) is 5.14. The van der Waals surface area contributed by atoms with E-state index in [-0.39, 0.29) is 11.4 Å². The van der Waals surface area contributed by atoms with Crippen LogP contribution >= 0.6 is 0 Å². The Morgan fingerprint density at radius 2 is 1.73 bits per heavy atom. The number of hydrogen-bond donors (Lipinski definition) is 0. The third kappa shape index (κ3) is 4.63. The summed E-state index contributed by atoms with van der Waals surface area (Å²) < 4.78 is 4.96. The Hall–Kier alpha value is -1.31. The van der Waals surface area contributed by atoms with Crippen molar-refractivity contribution in [1.82, 2.24) is 0 Å². The molecule has 2 heteroatoms. The van der Waals surface area contributed by atoms with Crippen LogP contribution in [0.2, 0.25) is 0 Å². The van der Waals surface area contributed by atoms with Gasteiger partial charge >= 0.3 is 5.97 Å². The van der Waals surface area contributed by atoms with Gasteiger partial charge < -0.3 is 4.74 Å². The Morgan fingerprint density at radius 1 is 1.20 bits per heavy atom. The van der Waals surface area contributed by atoms with Crippen molar-refractivity contribution in [2.75, 3.05) is 0 Å². The van der Waals surface area contributed by atoms with Crippen molar-refractivity contribution in [3.05, 3.63) is 29.8 Å². The molecule has 1 aromatic carbocycles. The fourth-order valence-corrected chi connectivity index (χ4v) is 1.45. The predicted octanol–water partition coefficient (Wildman–Crippen LogP) is 3.20. The highest BCUT2D eigenvalue weighted by atomic mass is 16.5. The van der Waals surface area contributed by atoms with Crippen LogP contribution in [-0.4, -0.2) is 5.97 Å². The van der Waals surface area contributed by atoms with Crippen molar-refractivity contribution in [2.45, 2.75) is 34.1 Å². The van der Waals surface area contributed by atoms with Gasteiger partial charge in [0, 0.05) is 6.92 Å². The van der Waals surface area contributed by atoms with Crippen molar-refractivity contribution >= 4 is 5.97 Å². The number of carbonyl (C=O) groups excluding carboxylic acids is 1.